The Kier molecular flexibility index (Phi) is 3.95. The van der Waals surface area contributed by atoms with Gasteiger partial charge in [0, 0.05) is 18.5 Å². The van der Waals surface area contributed by atoms with Crippen molar-refractivity contribution in [3.63, 3.8) is 0 Å². The van der Waals surface area contributed by atoms with Crippen molar-refractivity contribution in [1.29, 1.82) is 0 Å². The second-order valence-electron chi connectivity index (χ2n) is 5.73. The Hall–Kier alpha value is -3.63. The molecule has 4 rings (SSSR count). The summed E-state index contributed by atoms with van der Waals surface area (Å²) in [5, 5.41) is 3.51. The number of hydrogen-bond donors (Lipinski definition) is 0. The third-order valence-corrected chi connectivity index (χ3v) is 4.13. The lowest BCUT2D eigenvalue weighted by Crippen LogP contribution is -2.19. The van der Waals surface area contributed by atoms with Crippen molar-refractivity contribution in [2.75, 3.05) is 14.2 Å². The first-order valence-corrected chi connectivity index (χ1v) is 7.90. The first kappa shape index (κ1) is 17.8. The molecule has 4 aromatic rings. The maximum atomic E-state index is 13.0. The van der Waals surface area contributed by atoms with Gasteiger partial charge in [-0.05, 0) is 18.2 Å². The van der Waals surface area contributed by atoms with Crippen molar-refractivity contribution in [3.8, 4) is 17.2 Å². The quantitative estimate of drug-likeness (QED) is 0.534. The van der Waals surface area contributed by atoms with Gasteiger partial charge in [0.15, 0.2) is 0 Å². The van der Waals surface area contributed by atoms with Crippen LogP contribution in [0.2, 0.25) is 0 Å². The summed E-state index contributed by atoms with van der Waals surface area (Å²) in [4.78, 5) is 20.2. The minimum atomic E-state index is -4.72. The molecule has 0 aliphatic carbocycles. The van der Waals surface area contributed by atoms with E-state index in [1.165, 1.54) is 37.2 Å². The van der Waals surface area contributed by atoms with Crippen LogP contribution in [0.15, 0.2) is 41.5 Å². The van der Waals surface area contributed by atoms with E-state index in [-0.39, 0.29) is 16.7 Å². The molecule has 0 atom stereocenters. The zero-order valence-corrected chi connectivity index (χ0v) is 14.6. The van der Waals surface area contributed by atoms with Gasteiger partial charge in [0.05, 0.1) is 30.8 Å². The second-order valence-corrected chi connectivity index (χ2v) is 5.73. The van der Waals surface area contributed by atoms with Crippen LogP contribution in [0.3, 0.4) is 0 Å². The Bertz CT molecular complexity index is 1260. The van der Waals surface area contributed by atoms with Crippen molar-refractivity contribution < 1.29 is 22.6 Å². The van der Waals surface area contributed by atoms with E-state index in [4.69, 9.17) is 9.47 Å². The van der Waals surface area contributed by atoms with Gasteiger partial charge in [0.25, 0.3) is 17.2 Å². The summed E-state index contributed by atoms with van der Waals surface area (Å²) in [6.45, 7) is 0. The van der Waals surface area contributed by atoms with E-state index in [0.29, 0.717) is 17.2 Å². The lowest BCUT2D eigenvalue weighted by atomic mass is 10.2. The number of hydrogen-bond acceptors (Lipinski definition) is 6. The van der Waals surface area contributed by atoms with Gasteiger partial charge in [0.2, 0.25) is 0 Å². The normalized spacial score (nSPS) is 11.9. The topological polar surface area (TPSA) is 83.5 Å². The average Bonchev–Trinajstić information content (AvgIpc) is 3.13. The summed E-state index contributed by atoms with van der Waals surface area (Å²) in [6.07, 6.45) is -2.13. The largest absolute Gasteiger partial charge is 0.497 e. The number of methoxy groups -OCH3 is 2. The SMILES string of the molecule is COc1ccc(OC)c(-n2ccc3c(cnc4nc(C(F)(F)F)nn43)c2=O)c1. The molecule has 28 heavy (non-hydrogen) atoms. The highest BCUT2D eigenvalue weighted by molar-refractivity contribution is 5.79. The third-order valence-electron chi connectivity index (χ3n) is 4.13. The Labute approximate surface area is 154 Å². The van der Waals surface area contributed by atoms with Gasteiger partial charge in [-0.2, -0.15) is 22.7 Å². The smallest absolute Gasteiger partial charge is 0.453 e. The molecule has 8 nitrogen and oxygen atoms in total. The van der Waals surface area contributed by atoms with E-state index in [0.717, 1.165) is 4.52 Å². The molecule has 0 fully saturated rings. The molecule has 3 heterocycles. The van der Waals surface area contributed by atoms with Gasteiger partial charge in [-0.1, -0.05) is 0 Å². The Morgan fingerprint density at radius 2 is 1.89 bits per heavy atom. The van der Waals surface area contributed by atoms with Crippen LogP contribution in [-0.2, 0) is 6.18 Å². The molecule has 0 unspecified atom stereocenters. The molecule has 0 aliphatic heterocycles. The molecule has 0 saturated heterocycles. The van der Waals surface area contributed by atoms with Crippen LogP contribution in [0.25, 0.3) is 22.4 Å². The number of nitrogens with zero attached hydrogens (tertiary/aromatic N) is 5. The van der Waals surface area contributed by atoms with Crippen LogP contribution in [-0.4, -0.2) is 38.4 Å². The summed E-state index contributed by atoms with van der Waals surface area (Å²) >= 11 is 0. The summed E-state index contributed by atoms with van der Waals surface area (Å²) in [6, 6.07) is 6.38. The third kappa shape index (κ3) is 2.71. The van der Waals surface area contributed by atoms with Crippen LogP contribution >= 0.6 is 0 Å². The number of pyridine rings is 1. The molecule has 0 saturated carbocycles. The van der Waals surface area contributed by atoms with E-state index >= 15 is 0 Å². The van der Waals surface area contributed by atoms with Gasteiger partial charge in [0.1, 0.15) is 11.5 Å². The predicted molar refractivity (Wildman–Crippen MR) is 92.0 cm³/mol. The molecule has 0 N–H and O–H groups in total. The summed E-state index contributed by atoms with van der Waals surface area (Å²) in [5.74, 6) is -0.666. The maximum Gasteiger partial charge on any atom is 0.453 e. The maximum absolute atomic E-state index is 13.0. The van der Waals surface area contributed by atoms with Crippen molar-refractivity contribution >= 4 is 16.7 Å². The summed E-state index contributed by atoms with van der Waals surface area (Å²) in [5.41, 5.74) is 0.0436. The molecule has 0 aliphatic rings. The standard InChI is InChI=1S/C17H12F3N5O3/c1-27-9-3-4-13(28-2)12(7-9)24-6-5-11-10(14(24)26)8-21-16-22-15(17(18,19)20)23-25(11)16/h3-8H,1-2H3. The van der Waals surface area contributed by atoms with Gasteiger partial charge < -0.3 is 9.47 Å². The number of halogens is 3. The Balaban J connectivity index is 1.98. The van der Waals surface area contributed by atoms with E-state index in [2.05, 4.69) is 15.1 Å². The molecular weight excluding hydrogens is 379 g/mol. The van der Waals surface area contributed by atoms with Gasteiger partial charge in [-0.3, -0.25) is 9.36 Å². The lowest BCUT2D eigenvalue weighted by Gasteiger charge is -2.13. The number of ether oxygens (including phenoxy) is 2. The summed E-state index contributed by atoms with van der Waals surface area (Å²) < 4.78 is 51.3. The predicted octanol–water partition coefficient (Wildman–Crippen LogP) is 2.46. The van der Waals surface area contributed by atoms with Crippen LogP contribution in [0, 0.1) is 0 Å². The van der Waals surface area contributed by atoms with Crippen LogP contribution in [0.4, 0.5) is 13.2 Å². The zero-order chi connectivity index (χ0) is 20.1. The van der Waals surface area contributed by atoms with E-state index in [1.54, 1.807) is 18.2 Å². The van der Waals surface area contributed by atoms with E-state index in [9.17, 15) is 18.0 Å². The molecule has 0 bridgehead atoms. The molecule has 0 amide bonds. The van der Waals surface area contributed by atoms with E-state index < -0.39 is 17.6 Å². The minimum absolute atomic E-state index is 0.0681. The number of aromatic nitrogens is 5. The average molecular weight is 391 g/mol. The van der Waals surface area contributed by atoms with Crippen LogP contribution in [0.1, 0.15) is 5.82 Å². The van der Waals surface area contributed by atoms with Gasteiger partial charge in [-0.25, -0.2) is 4.98 Å². The fourth-order valence-corrected chi connectivity index (χ4v) is 2.81. The van der Waals surface area contributed by atoms with Crippen molar-refractivity contribution in [3.05, 3.63) is 52.8 Å². The molecular formula is C17H12F3N5O3. The first-order valence-electron chi connectivity index (χ1n) is 7.90. The molecule has 1 aromatic carbocycles. The fraction of sp³-hybridized carbons (Fsp3) is 0.176. The number of benzene rings is 1. The van der Waals surface area contributed by atoms with Crippen molar-refractivity contribution in [2.45, 2.75) is 6.18 Å². The highest BCUT2D eigenvalue weighted by Crippen LogP contribution is 2.28. The lowest BCUT2D eigenvalue weighted by molar-refractivity contribution is -0.144. The number of fused-ring (bicyclic) bond motifs is 3. The monoisotopic (exact) mass is 391 g/mol. The summed E-state index contributed by atoms with van der Waals surface area (Å²) in [7, 11) is 2.94. The highest BCUT2D eigenvalue weighted by Gasteiger charge is 2.36. The molecule has 0 radical (unpaired) electrons. The van der Waals surface area contributed by atoms with Crippen molar-refractivity contribution in [1.82, 2.24) is 24.1 Å². The molecule has 3 aromatic heterocycles. The van der Waals surface area contributed by atoms with Gasteiger partial charge in [-0.15, -0.1) is 5.10 Å². The molecule has 144 valence electrons. The highest BCUT2D eigenvalue weighted by atomic mass is 19.4. The van der Waals surface area contributed by atoms with E-state index in [1.807, 2.05) is 0 Å². The molecule has 11 heteroatoms. The number of alkyl halides is 3. The van der Waals surface area contributed by atoms with Crippen molar-refractivity contribution in [2.24, 2.45) is 0 Å². The minimum Gasteiger partial charge on any atom is -0.497 e. The van der Waals surface area contributed by atoms with Crippen LogP contribution < -0.4 is 15.0 Å². The zero-order valence-electron chi connectivity index (χ0n) is 14.6. The number of rotatable bonds is 3. The van der Waals surface area contributed by atoms with Gasteiger partial charge >= 0.3 is 6.18 Å². The fourth-order valence-electron chi connectivity index (χ4n) is 2.81. The second kappa shape index (κ2) is 6.22. The Morgan fingerprint density at radius 1 is 1.11 bits per heavy atom. The first-order chi connectivity index (χ1) is 13.3. The van der Waals surface area contributed by atoms with Crippen LogP contribution in [0.5, 0.6) is 11.5 Å². The molecule has 0 spiro atoms. The Morgan fingerprint density at radius 3 is 2.57 bits per heavy atom.